The number of methoxy groups -OCH3 is 1. The number of anilines is 2. The minimum Gasteiger partial charge on any atom is -0.497 e. The molecule has 0 aliphatic heterocycles. The van der Waals surface area contributed by atoms with Crippen LogP contribution in [-0.4, -0.2) is 34.4 Å². The second-order valence-electron chi connectivity index (χ2n) is 6.01. The van der Waals surface area contributed by atoms with Crippen molar-refractivity contribution in [2.45, 2.75) is 5.09 Å². The molecule has 0 saturated carbocycles. The molecule has 3 aromatic rings. The lowest BCUT2D eigenvalue weighted by Crippen LogP contribution is -2.19. The van der Waals surface area contributed by atoms with Crippen molar-refractivity contribution in [2.24, 2.45) is 0 Å². The first-order chi connectivity index (χ1) is 14.3. The van der Waals surface area contributed by atoms with Gasteiger partial charge in [-0.15, -0.1) is 0 Å². The fourth-order valence-corrected chi connectivity index (χ4v) is 3.21. The van der Waals surface area contributed by atoms with Crippen LogP contribution in [0.25, 0.3) is 0 Å². The molecule has 156 valence electrons. The average Bonchev–Trinajstić information content (AvgIpc) is 3.25. The van der Waals surface area contributed by atoms with Gasteiger partial charge in [0.25, 0.3) is 21.8 Å². The zero-order valence-electron chi connectivity index (χ0n) is 16.1. The van der Waals surface area contributed by atoms with Crippen molar-refractivity contribution < 1.29 is 27.2 Å². The second-order valence-corrected chi connectivity index (χ2v) is 7.83. The van der Waals surface area contributed by atoms with E-state index in [9.17, 15) is 18.0 Å². The van der Waals surface area contributed by atoms with Crippen LogP contribution in [0.2, 0.25) is 0 Å². The van der Waals surface area contributed by atoms with E-state index in [1.807, 2.05) is 0 Å². The minimum absolute atomic E-state index is 0.211. The number of furan rings is 1. The lowest BCUT2D eigenvalue weighted by Gasteiger charge is -2.11. The Bertz CT molecular complexity index is 1190. The van der Waals surface area contributed by atoms with Crippen LogP contribution in [0.5, 0.6) is 5.75 Å². The zero-order chi connectivity index (χ0) is 21.7. The number of amides is 2. The number of carbonyl (C=O) groups excluding carboxylic acids is 2. The van der Waals surface area contributed by atoms with Gasteiger partial charge in [0, 0.05) is 11.8 Å². The summed E-state index contributed by atoms with van der Waals surface area (Å²) in [5.74, 6) is -0.780. The van der Waals surface area contributed by atoms with Crippen LogP contribution >= 0.6 is 0 Å². The molecule has 1 aromatic heterocycles. The first-order valence-corrected chi connectivity index (χ1v) is 10.2. The third-order valence-electron chi connectivity index (χ3n) is 4.09. The van der Waals surface area contributed by atoms with Gasteiger partial charge in [-0.1, -0.05) is 18.2 Å². The van der Waals surface area contributed by atoms with Gasteiger partial charge in [-0.25, -0.2) is 13.1 Å². The van der Waals surface area contributed by atoms with Crippen LogP contribution in [0.1, 0.15) is 20.9 Å². The fraction of sp³-hybridized carbons (Fsp3) is 0.100. The second kappa shape index (κ2) is 8.80. The number of ether oxygens (including phenoxy) is 1. The quantitative estimate of drug-likeness (QED) is 0.530. The Kier molecular flexibility index (Phi) is 6.19. The van der Waals surface area contributed by atoms with Gasteiger partial charge in [-0.3, -0.25) is 9.59 Å². The van der Waals surface area contributed by atoms with E-state index in [1.165, 1.54) is 26.3 Å². The number of sulfonamides is 1. The Morgan fingerprint density at radius 2 is 1.70 bits per heavy atom. The first kappa shape index (κ1) is 21.1. The van der Waals surface area contributed by atoms with Crippen molar-refractivity contribution in [3.63, 3.8) is 0 Å². The van der Waals surface area contributed by atoms with Crippen LogP contribution in [0.15, 0.2) is 70.2 Å². The number of benzene rings is 2. The topological polar surface area (TPSA) is 127 Å². The molecule has 3 N–H and O–H groups in total. The highest BCUT2D eigenvalue weighted by Crippen LogP contribution is 2.22. The fourth-order valence-electron chi connectivity index (χ4n) is 2.56. The number of hydrogen-bond donors (Lipinski definition) is 3. The van der Waals surface area contributed by atoms with Gasteiger partial charge in [-0.2, -0.15) is 0 Å². The summed E-state index contributed by atoms with van der Waals surface area (Å²) in [6, 6.07) is 15.6. The molecular weight excluding hydrogens is 410 g/mol. The van der Waals surface area contributed by atoms with E-state index in [1.54, 1.807) is 48.5 Å². The van der Waals surface area contributed by atoms with Crippen molar-refractivity contribution in [1.29, 1.82) is 0 Å². The maximum atomic E-state index is 12.7. The van der Waals surface area contributed by atoms with Gasteiger partial charge in [0.15, 0.2) is 5.76 Å². The first-order valence-electron chi connectivity index (χ1n) is 8.73. The standard InChI is InChI=1S/C20H19N3O6S/c1-21-30(26,27)18-11-10-17(29-18)20(25)23-16-9-4-3-8-15(16)19(24)22-13-6-5-7-14(12-13)28-2/h3-12,21H,1-2H3,(H,22,24)(H,23,25). The predicted molar refractivity (Wildman–Crippen MR) is 110 cm³/mol. The number of nitrogens with one attached hydrogen (secondary N) is 3. The molecule has 0 bridgehead atoms. The summed E-state index contributed by atoms with van der Waals surface area (Å²) in [5.41, 5.74) is 0.967. The van der Waals surface area contributed by atoms with Gasteiger partial charge >= 0.3 is 0 Å². The Morgan fingerprint density at radius 1 is 0.933 bits per heavy atom. The lowest BCUT2D eigenvalue weighted by atomic mass is 10.1. The maximum Gasteiger partial charge on any atom is 0.291 e. The molecule has 0 radical (unpaired) electrons. The Balaban J connectivity index is 1.79. The third kappa shape index (κ3) is 4.67. The van der Waals surface area contributed by atoms with Crippen molar-refractivity contribution >= 4 is 33.2 Å². The molecule has 0 aliphatic rings. The van der Waals surface area contributed by atoms with E-state index in [0.717, 1.165) is 0 Å². The molecule has 0 aliphatic carbocycles. The van der Waals surface area contributed by atoms with E-state index in [4.69, 9.17) is 9.15 Å². The molecule has 0 saturated heterocycles. The van der Waals surface area contributed by atoms with Gasteiger partial charge in [0.2, 0.25) is 5.09 Å². The largest absolute Gasteiger partial charge is 0.497 e. The maximum absolute atomic E-state index is 12.7. The minimum atomic E-state index is -3.82. The van der Waals surface area contributed by atoms with E-state index in [0.29, 0.717) is 11.4 Å². The van der Waals surface area contributed by atoms with Crippen LogP contribution in [0.4, 0.5) is 11.4 Å². The molecule has 10 heteroatoms. The van der Waals surface area contributed by atoms with Crippen molar-refractivity contribution in [3.8, 4) is 5.75 Å². The van der Waals surface area contributed by atoms with Gasteiger partial charge < -0.3 is 19.8 Å². The van der Waals surface area contributed by atoms with Crippen molar-refractivity contribution in [2.75, 3.05) is 24.8 Å². The molecular formula is C20H19N3O6S. The van der Waals surface area contributed by atoms with E-state index in [-0.39, 0.29) is 22.1 Å². The SMILES string of the molecule is CNS(=O)(=O)c1ccc(C(=O)Nc2ccccc2C(=O)Nc2cccc(OC)c2)o1. The smallest absolute Gasteiger partial charge is 0.291 e. The van der Waals surface area contributed by atoms with E-state index >= 15 is 0 Å². The molecule has 0 atom stereocenters. The molecule has 3 rings (SSSR count). The Morgan fingerprint density at radius 3 is 2.43 bits per heavy atom. The van der Waals surface area contributed by atoms with Gasteiger partial charge in [0.1, 0.15) is 5.75 Å². The third-order valence-corrected chi connectivity index (χ3v) is 5.37. The molecule has 0 unspecified atom stereocenters. The molecule has 2 amide bonds. The number of rotatable bonds is 7. The van der Waals surface area contributed by atoms with Crippen LogP contribution in [-0.2, 0) is 10.0 Å². The summed E-state index contributed by atoms with van der Waals surface area (Å²) in [4.78, 5) is 25.2. The summed E-state index contributed by atoms with van der Waals surface area (Å²) in [6.07, 6.45) is 0. The van der Waals surface area contributed by atoms with Crippen LogP contribution in [0.3, 0.4) is 0 Å². The van der Waals surface area contributed by atoms with Crippen molar-refractivity contribution in [3.05, 3.63) is 72.0 Å². The number of hydrogen-bond acceptors (Lipinski definition) is 6. The highest BCUT2D eigenvalue weighted by Gasteiger charge is 2.21. The normalized spacial score (nSPS) is 11.0. The number of carbonyl (C=O) groups is 2. The van der Waals surface area contributed by atoms with Crippen LogP contribution in [0, 0.1) is 0 Å². The number of para-hydroxylation sites is 1. The van der Waals surface area contributed by atoms with E-state index < -0.39 is 21.8 Å². The molecule has 9 nitrogen and oxygen atoms in total. The molecule has 0 fully saturated rings. The summed E-state index contributed by atoms with van der Waals surface area (Å²) in [5, 5.41) is 4.91. The molecule has 0 spiro atoms. The Hall–Kier alpha value is -3.63. The van der Waals surface area contributed by atoms with E-state index in [2.05, 4.69) is 15.4 Å². The van der Waals surface area contributed by atoms with Crippen LogP contribution < -0.4 is 20.1 Å². The van der Waals surface area contributed by atoms with Gasteiger partial charge in [-0.05, 0) is 43.4 Å². The summed E-state index contributed by atoms with van der Waals surface area (Å²) >= 11 is 0. The monoisotopic (exact) mass is 429 g/mol. The highest BCUT2D eigenvalue weighted by atomic mass is 32.2. The summed E-state index contributed by atoms with van der Waals surface area (Å²) < 4.78 is 35.9. The molecule has 30 heavy (non-hydrogen) atoms. The highest BCUT2D eigenvalue weighted by molar-refractivity contribution is 7.89. The summed E-state index contributed by atoms with van der Waals surface area (Å²) in [6.45, 7) is 0. The predicted octanol–water partition coefficient (Wildman–Crippen LogP) is 2.70. The summed E-state index contributed by atoms with van der Waals surface area (Å²) in [7, 11) is -1.06. The van der Waals surface area contributed by atoms with Crippen molar-refractivity contribution in [1.82, 2.24) is 4.72 Å². The zero-order valence-corrected chi connectivity index (χ0v) is 16.9. The molecule has 1 heterocycles. The lowest BCUT2D eigenvalue weighted by molar-refractivity contribution is 0.0991. The Labute approximate surface area is 173 Å². The average molecular weight is 429 g/mol. The van der Waals surface area contributed by atoms with Gasteiger partial charge in [0.05, 0.1) is 18.4 Å². The molecule has 2 aromatic carbocycles.